The van der Waals surface area contributed by atoms with Gasteiger partial charge < -0.3 is 14.8 Å². The molecular weight excluding hydrogens is 280 g/mol. The zero-order valence-electron chi connectivity index (χ0n) is 11.9. The van der Waals surface area contributed by atoms with Crippen LogP contribution in [0, 0.1) is 0 Å². The fraction of sp³-hybridized carbons (Fsp3) is 0.176. The molecule has 1 heterocycles. The maximum absolute atomic E-state index is 12.7. The third-order valence-electron chi connectivity index (χ3n) is 3.50. The van der Waals surface area contributed by atoms with Gasteiger partial charge in [0.05, 0.1) is 30.3 Å². The van der Waals surface area contributed by atoms with E-state index in [1.807, 2.05) is 30.3 Å². The molecule has 0 aliphatic carbocycles. The third kappa shape index (κ3) is 2.64. The normalized spacial score (nSPS) is 12.5. The van der Waals surface area contributed by atoms with Crippen molar-refractivity contribution in [1.29, 1.82) is 0 Å². The summed E-state index contributed by atoms with van der Waals surface area (Å²) in [7, 11) is 0. The van der Waals surface area contributed by atoms with E-state index in [1.54, 1.807) is 28.8 Å². The predicted molar refractivity (Wildman–Crippen MR) is 82.7 cm³/mol. The number of para-hydroxylation sites is 2. The summed E-state index contributed by atoms with van der Waals surface area (Å²) in [4.78, 5) is 17.1. The summed E-state index contributed by atoms with van der Waals surface area (Å²) in [5.74, 6) is 0.0573. The van der Waals surface area contributed by atoms with Crippen LogP contribution in [0.2, 0.25) is 0 Å². The van der Waals surface area contributed by atoms with Crippen LogP contribution in [-0.4, -0.2) is 38.3 Å². The fourth-order valence-corrected chi connectivity index (χ4v) is 2.42. The first-order valence-corrected chi connectivity index (χ1v) is 7.04. The number of rotatable bonds is 5. The number of hydrogen-bond donors (Lipinski definition) is 2. The van der Waals surface area contributed by atoms with Gasteiger partial charge in [0.15, 0.2) is 5.82 Å². The molecule has 2 N–H and O–H groups in total. The second-order valence-corrected chi connectivity index (χ2v) is 5.07. The van der Waals surface area contributed by atoms with Gasteiger partial charge in [-0.2, -0.15) is 0 Å². The van der Waals surface area contributed by atoms with E-state index in [-0.39, 0.29) is 24.8 Å². The number of aliphatic hydroxyl groups is 2. The van der Waals surface area contributed by atoms with Gasteiger partial charge in [-0.3, -0.25) is 4.79 Å². The van der Waals surface area contributed by atoms with Gasteiger partial charge in [-0.25, -0.2) is 4.98 Å². The maximum atomic E-state index is 12.7. The number of carbonyl (C=O) groups excluding carboxylic acids is 1. The number of aliphatic hydroxyl groups excluding tert-OH is 2. The van der Waals surface area contributed by atoms with Crippen molar-refractivity contribution < 1.29 is 15.0 Å². The van der Waals surface area contributed by atoms with Crippen molar-refractivity contribution >= 4 is 16.8 Å². The van der Waals surface area contributed by atoms with Gasteiger partial charge in [-0.05, 0) is 12.1 Å². The first-order chi connectivity index (χ1) is 10.7. The van der Waals surface area contributed by atoms with Crippen LogP contribution in [0.25, 0.3) is 11.0 Å². The molecule has 5 heteroatoms. The second-order valence-electron chi connectivity index (χ2n) is 5.07. The van der Waals surface area contributed by atoms with Crippen LogP contribution in [0.5, 0.6) is 0 Å². The molecule has 3 aromatic rings. The van der Waals surface area contributed by atoms with E-state index in [0.717, 1.165) is 5.52 Å². The van der Waals surface area contributed by atoms with Crippen LogP contribution in [0.15, 0.2) is 54.6 Å². The number of carbonyl (C=O) groups is 1. The molecule has 0 spiro atoms. The van der Waals surface area contributed by atoms with Crippen molar-refractivity contribution in [3.63, 3.8) is 0 Å². The first-order valence-electron chi connectivity index (χ1n) is 7.04. The molecule has 0 radical (unpaired) electrons. The SMILES string of the molecule is O=C(c1ccccc1)c1nc2ccccc2n1CC(O)CO. The van der Waals surface area contributed by atoms with Gasteiger partial charge >= 0.3 is 0 Å². The van der Waals surface area contributed by atoms with Crippen molar-refractivity contribution in [2.24, 2.45) is 0 Å². The number of aromatic nitrogens is 2. The monoisotopic (exact) mass is 296 g/mol. The summed E-state index contributed by atoms with van der Waals surface area (Å²) >= 11 is 0. The highest BCUT2D eigenvalue weighted by Gasteiger charge is 2.20. The van der Waals surface area contributed by atoms with Crippen molar-refractivity contribution in [3.05, 3.63) is 66.0 Å². The van der Waals surface area contributed by atoms with Crippen LogP contribution >= 0.6 is 0 Å². The van der Waals surface area contributed by atoms with Crippen molar-refractivity contribution in [2.75, 3.05) is 6.61 Å². The minimum Gasteiger partial charge on any atom is -0.394 e. The van der Waals surface area contributed by atoms with Gasteiger partial charge in [0.25, 0.3) is 0 Å². The Balaban J connectivity index is 2.12. The largest absolute Gasteiger partial charge is 0.394 e. The molecule has 0 saturated heterocycles. The molecule has 2 aromatic carbocycles. The molecule has 1 unspecified atom stereocenters. The maximum Gasteiger partial charge on any atom is 0.228 e. The van der Waals surface area contributed by atoms with E-state index in [4.69, 9.17) is 5.11 Å². The molecule has 0 aliphatic rings. The summed E-state index contributed by atoms with van der Waals surface area (Å²) < 4.78 is 1.66. The molecule has 3 rings (SSSR count). The van der Waals surface area contributed by atoms with E-state index < -0.39 is 6.10 Å². The topological polar surface area (TPSA) is 75.4 Å². The fourth-order valence-electron chi connectivity index (χ4n) is 2.42. The highest BCUT2D eigenvalue weighted by Crippen LogP contribution is 2.19. The lowest BCUT2D eigenvalue weighted by molar-refractivity contribution is 0.0804. The molecule has 0 fully saturated rings. The zero-order chi connectivity index (χ0) is 15.5. The number of ketones is 1. The summed E-state index contributed by atoms with van der Waals surface area (Å²) in [6, 6.07) is 16.2. The summed E-state index contributed by atoms with van der Waals surface area (Å²) in [6.07, 6.45) is -0.945. The van der Waals surface area contributed by atoms with Crippen LogP contribution in [-0.2, 0) is 6.54 Å². The van der Waals surface area contributed by atoms with Crippen LogP contribution in [0.1, 0.15) is 16.2 Å². The Morgan fingerprint density at radius 1 is 1.09 bits per heavy atom. The van der Waals surface area contributed by atoms with E-state index in [2.05, 4.69) is 4.98 Å². The van der Waals surface area contributed by atoms with Gasteiger partial charge in [0.1, 0.15) is 0 Å². The summed E-state index contributed by atoms with van der Waals surface area (Å²) in [6.45, 7) is -0.254. The average Bonchev–Trinajstić information content (AvgIpc) is 2.93. The second kappa shape index (κ2) is 6.09. The van der Waals surface area contributed by atoms with Crippen LogP contribution in [0.3, 0.4) is 0 Å². The lowest BCUT2D eigenvalue weighted by atomic mass is 10.1. The van der Waals surface area contributed by atoms with Crippen LogP contribution < -0.4 is 0 Å². The third-order valence-corrected chi connectivity index (χ3v) is 3.50. The number of benzene rings is 2. The first kappa shape index (κ1) is 14.4. The average molecular weight is 296 g/mol. The lowest BCUT2D eigenvalue weighted by Gasteiger charge is -2.12. The molecule has 0 amide bonds. The zero-order valence-corrected chi connectivity index (χ0v) is 11.9. The van der Waals surface area contributed by atoms with E-state index in [0.29, 0.717) is 11.1 Å². The van der Waals surface area contributed by atoms with E-state index in [1.165, 1.54) is 0 Å². The Kier molecular flexibility index (Phi) is 4.00. The molecule has 5 nitrogen and oxygen atoms in total. The molecule has 22 heavy (non-hydrogen) atoms. The highest BCUT2D eigenvalue weighted by atomic mass is 16.3. The molecular formula is C17H16N2O3. The number of imidazole rings is 1. The predicted octanol–water partition coefficient (Wildman–Crippen LogP) is 1.62. The Hall–Kier alpha value is -2.50. The molecule has 1 aromatic heterocycles. The number of hydrogen-bond acceptors (Lipinski definition) is 4. The van der Waals surface area contributed by atoms with Gasteiger partial charge in [0.2, 0.25) is 5.78 Å². The quantitative estimate of drug-likeness (QED) is 0.702. The van der Waals surface area contributed by atoms with Gasteiger partial charge in [-0.1, -0.05) is 42.5 Å². The van der Waals surface area contributed by atoms with Gasteiger partial charge in [0, 0.05) is 5.56 Å². The highest BCUT2D eigenvalue weighted by molar-refractivity contribution is 6.08. The molecule has 0 bridgehead atoms. The van der Waals surface area contributed by atoms with Gasteiger partial charge in [-0.15, -0.1) is 0 Å². The Bertz CT molecular complexity index is 796. The Morgan fingerprint density at radius 2 is 1.77 bits per heavy atom. The van der Waals surface area contributed by atoms with Crippen molar-refractivity contribution in [2.45, 2.75) is 12.6 Å². The van der Waals surface area contributed by atoms with Crippen molar-refractivity contribution in [1.82, 2.24) is 9.55 Å². The van der Waals surface area contributed by atoms with Crippen molar-refractivity contribution in [3.8, 4) is 0 Å². The van der Waals surface area contributed by atoms with E-state index >= 15 is 0 Å². The Morgan fingerprint density at radius 3 is 2.50 bits per heavy atom. The van der Waals surface area contributed by atoms with E-state index in [9.17, 15) is 9.90 Å². The molecule has 0 saturated carbocycles. The molecule has 1 atom stereocenters. The minimum absolute atomic E-state index is 0.116. The number of nitrogens with zero attached hydrogens (tertiary/aromatic N) is 2. The molecule has 112 valence electrons. The number of fused-ring (bicyclic) bond motifs is 1. The van der Waals surface area contributed by atoms with Crippen LogP contribution in [0.4, 0.5) is 0 Å². The lowest BCUT2D eigenvalue weighted by Crippen LogP contribution is -2.23. The minimum atomic E-state index is -0.945. The standard InChI is InChI=1S/C17H16N2O3/c20-11-13(21)10-19-15-9-5-4-8-14(15)18-17(19)16(22)12-6-2-1-3-7-12/h1-9,13,20-21H,10-11H2. The molecule has 0 aliphatic heterocycles. The Labute approximate surface area is 127 Å². The summed E-state index contributed by atoms with van der Waals surface area (Å²) in [5, 5.41) is 18.8. The summed E-state index contributed by atoms with van der Waals surface area (Å²) in [5.41, 5.74) is 1.98. The smallest absolute Gasteiger partial charge is 0.228 e.